The van der Waals surface area contributed by atoms with Gasteiger partial charge in [0.1, 0.15) is 5.75 Å². The Balaban J connectivity index is 2.05. The second-order valence-corrected chi connectivity index (χ2v) is 5.25. The number of carbonyl (C=O) groups excluding carboxylic acids is 2. The summed E-state index contributed by atoms with van der Waals surface area (Å²) < 4.78 is 5.30. The van der Waals surface area contributed by atoms with Crippen molar-refractivity contribution < 1.29 is 19.2 Å². The van der Waals surface area contributed by atoms with Crippen LogP contribution in [0, 0.1) is 24.0 Å². The van der Waals surface area contributed by atoms with Gasteiger partial charge in [-0.1, -0.05) is 12.1 Å². The van der Waals surface area contributed by atoms with Gasteiger partial charge < -0.3 is 10.1 Å². The van der Waals surface area contributed by atoms with Crippen molar-refractivity contribution in [2.45, 2.75) is 13.8 Å². The van der Waals surface area contributed by atoms with E-state index in [1.54, 1.807) is 0 Å². The van der Waals surface area contributed by atoms with Crippen LogP contribution in [0.15, 0.2) is 36.4 Å². The molecule has 124 valence electrons. The summed E-state index contributed by atoms with van der Waals surface area (Å²) >= 11 is 0. The Kier molecular flexibility index (Phi) is 5.26. The molecule has 24 heavy (non-hydrogen) atoms. The molecule has 1 N–H and O–H groups in total. The molecular weight excluding hydrogens is 312 g/mol. The van der Waals surface area contributed by atoms with Crippen LogP contribution in [0.2, 0.25) is 0 Å². The van der Waals surface area contributed by atoms with E-state index in [1.165, 1.54) is 12.1 Å². The molecule has 0 atom stereocenters. The van der Waals surface area contributed by atoms with Gasteiger partial charge in [-0.15, -0.1) is 0 Å². The molecule has 0 aromatic heterocycles. The number of non-ortho nitro benzene ring substituents is 1. The number of rotatable bonds is 6. The summed E-state index contributed by atoms with van der Waals surface area (Å²) in [6, 6.07) is 9.29. The predicted molar refractivity (Wildman–Crippen MR) is 88.5 cm³/mol. The molecule has 2 aromatic rings. The molecule has 0 unspecified atom stereocenters. The van der Waals surface area contributed by atoms with Gasteiger partial charge in [0.05, 0.1) is 10.5 Å². The molecular formula is C17H16N2O5. The van der Waals surface area contributed by atoms with Crippen LogP contribution in [0.3, 0.4) is 0 Å². The van der Waals surface area contributed by atoms with Crippen molar-refractivity contribution in [2.24, 2.45) is 0 Å². The number of aryl methyl sites for hydroxylation is 2. The van der Waals surface area contributed by atoms with Crippen LogP contribution in [-0.4, -0.2) is 23.7 Å². The molecule has 0 heterocycles. The summed E-state index contributed by atoms with van der Waals surface area (Å²) in [4.78, 5) is 33.1. The molecule has 0 radical (unpaired) electrons. The maximum absolute atomic E-state index is 12.0. The monoisotopic (exact) mass is 328 g/mol. The number of ether oxygens (including phenoxy) is 1. The third-order valence-corrected chi connectivity index (χ3v) is 3.36. The van der Waals surface area contributed by atoms with Crippen LogP contribution in [0.4, 0.5) is 11.4 Å². The number of nitrogens with one attached hydrogen (secondary N) is 1. The molecule has 0 saturated heterocycles. The third-order valence-electron chi connectivity index (χ3n) is 3.36. The molecule has 0 saturated carbocycles. The SMILES string of the molecule is Cc1ccc(C)c(NC(=O)COc2ccc([N+](=O)[O-])cc2C=O)c1. The van der Waals surface area contributed by atoms with Gasteiger partial charge in [-0.2, -0.15) is 0 Å². The molecule has 0 fully saturated rings. The Morgan fingerprint density at radius 2 is 2.00 bits per heavy atom. The summed E-state index contributed by atoms with van der Waals surface area (Å²) in [6.45, 7) is 3.47. The van der Waals surface area contributed by atoms with Crippen LogP contribution in [0.5, 0.6) is 5.75 Å². The highest BCUT2D eigenvalue weighted by molar-refractivity contribution is 5.93. The van der Waals surface area contributed by atoms with Gasteiger partial charge in [0, 0.05) is 17.8 Å². The zero-order valence-electron chi connectivity index (χ0n) is 13.2. The average Bonchev–Trinajstić information content (AvgIpc) is 2.56. The van der Waals surface area contributed by atoms with Gasteiger partial charge in [0.15, 0.2) is 12.9 Å². The first kappa shape index (κ1) is 17.1. The number of hydrogen-bond acceptors (Lipinski definition) is 5. The van der Waals surface area contributed by atoms with Crippen molar-refractivity contribution in [1.82, 2.24) is 0 Å². The summed E-state index contributed by atoms with van der Waals surface area (Å²) in [7, 11) is 0. The van der Waals surface area contributed by atoms with Crippen LogP contribution in [-0.2, 0) is 4.79 Å². The van der Waals surface area contributed by atoms with Gasteiger partial charge in [-0.3, -0.25) is 19.7 Å². The molecule has 7 heteroatoms. The van der Waals surface area contributed by atoms with E-state index < -0.39 is 4.92 Å². The van der Waals surface area contributed by atoms with Crippen molar-refractivity contribution in [1.29, 1.82) is 0 Å². The summed E-state index contributed by atoms with van der Waals surface area (Å²) in [5.74, 6) is -0.273. The lowest BCUT2D eigenvalue weighted by Gasteiger charge is -2.11. The highest BCUT2D eigenvalue weighted by atomic mass is 16.6. The number of nitro benzene ring substituents is 1. The van der Waals surface area contributed by atoms with Gasteiger partial charge >= 0.3 is 0 Å². The van der Waals surface area contributed by atoms with Crippen molar-refractivity contribution >= 4 is 23.6 Å². The fourth-order valence-corrected chi connectivity index (χ4v) is 2.07. The minimum absolute atomic E-state index is 0.0173. The molecule has 0 aliphatic carbocycles. The zero-order valence-corrected chi connectivity index (χ0v) is 13.2. The van der Waals surface area contributed by atoms with Gasteiger partial charge in [0.25, 0.3) is 11.6 Å². The molecule has 0 spiro atoms. The molecule has 2 aromatic carbocycles. The van der Waals surface area contributed by atoms with Gasteiger partial charge in [-0.25, -0.2) is 0 Å². The van der Waals surface area contributed by atoms with Crippen LogP contribution < -0.4 is 10.1 Å². The number of hydrogen-bond donors (Lipinski definition) is 1. The lowest BCUT2D eigenvalue weighted by molar-refractivity contribution is -0.384. The van der Waals surface area contributed by atoms with Crippen molar-refractivity contribution in [3.05, 3.63) is 63.2 Å². The second kappa shape index (κ2) is 7.36. The second-order valence-electron chi connectivity index (χ2n) is 5.25. The van der Waals surface area contributed by atoms with E-state index in [4.69, 9.17) is 4.74 Å². The number of carbonyl (C=O) groups is 2. The number of amides is 1. The number of nitro groups is 1. The van der Waals surface area contributed by atoms with Gasteiger partial charge in [-0.05, 0) is 37.1 Å². The molecule has 2 rings (SSSR count). The van der Waals surface area contributed by atoms with E-state index in [9.17, 15) is 19.7 Å². The highest BCUT2D eigenvalue weighted by Crippen LogP contribution is 2.23. The molecule has 1 amide bonds. The van der Waals surface area contributed by atoms with Crippen molar-refractivity contribution in [3.8, 4) is 5.75 Å². The quantitative estimate of drug-likeness (QED) is 0.499. The maximum Gasteiger partial charge on any atom is 0.270 e. The summed E-state index contributed by atoms with van der Waals surface area (Å²) in [6.07, 6.45) is 0.449. The lowest BCUT2D eigenvalue weighted by atomic mass is 10.1. The smallest absolute Gasteiger partial charge is 0.270 e. The molecule has 0 aliphatic heterocycles. The van der Waals surface area contributed by atoms with E-state index >= 15 is 0 Å². The van der Waals surface area contributed by atoms with Crippen molar-refractivity contribution in [3.63, 3.8) is 0 Å². The average molecular weight is 328 g/mol. The largest absolute Gasteiger partial charge is 0.483 e. The Morgan fingerprint density at radius 3 is 2.67 bits per heavy atom. The Hall–Kier alpha value is -3.22. The first-order chi connectivity index (χ1) is 11.4. The zero-order chi connectivity index (χ0) is 17.7. The molecule has 0 bridgehead atoms. The van der Waals surface area contributed by atoms with E-state index in [0.29, 0.717) is 12.0 Å². The van der Waals surface area contributed by atoms with E-state index in [1.807, 2.05) is 32.0 Å². The van der Waals surface area contributed by atoms with E-state index in [0.717, 1.165) is 17.2 Å². The first-order valence-electron chi connectivity index (χ1n) is 7.14. The standard InChI is InChI=1S/C17H16N2O5/c1-11-3-4-12(2)15(7-11)18-17(21)10-24-16-6-5-14(19(22)23)8-13(16)9-20/h3-9H,10H2,1-2H3,(H,18,21). The van der Waals surface area contributed by atoms with Crippen LogP contribution in [0.1, 0.15) is 21.5 Å². The highest BCUT2D eigenvalue weighted by Gasteiger charge is 2.13. The number of benzene rings is 2. The minimum atomic E-state index is -0.607. The molecule has 0 aliphatic rings. The Labute approximate surface area is 138 Å². The Bertz CT molecular complexity index is 802. The Morgan fingerprint density at radius 1 is 1.25 bits per heavy atom. The topological polar surface area (TPSA) is 98.5 Å². The lowest BCUT2D eigenvalue weighted by Crippen LogP contribution is -2.21. The van der Waals surface area contributed by atoms with Crippen molar-refractivity contribution in [2.75, 3.05) is 11.9 Å². The normalized spacial score (nSPS) is 10.1. The van der Waals surface area contributed by atoms with Crippen LogP contribution in [0.25, 0.3) is 0 Å². The predicted octanol–water partition coefficient (Wildman–Crippen LogP) is 3.04. The minimum Gasteiger partial charge on any atom is -0.483 e. The first-order valence-corrected chi connectivity index (χ1v) is 7.14. The van der Waals surface area contributed by atoms with E-state index in [-0.39, 0.29) is 29.5 Å². The fraction of sp³-hybridized carbons (Fsp3) is 0.176. The number of nitrogens with zero attached hydrogens (tertiary/aromatic N) is 1. The number of anilines is 1. The van der Waals surface area contributed by atoms with E-state index in [2.05, 4.69) is 5.32 Å². The van der Waals surface area contributed by atoms with Crippen LogP contribution >= 0.6 is 0 Å². The third kappa shape index (κ3) is 4.16. The molecule has 7 nitrogen and oxygen atoms in total. The summed E-state index contributed by atoms with van der Waals surface area (Å²) in [5, 5.41) is 13.4. The maximum atomic E-state index is 12.0. The fourth-order valence-electron chi connectivity index (χ4n) is 2.07. The van der Waals surface area contributed by atoms with Gasteiger partial charge in [0.2, 0.25) is 0 Å². The number of aldehydes is 1. The summed E-state index contributed by atoms with van der Waals surface area (Å²) in [5.41, 5.74) is 2.41.